The zero-order valence-corrected chi connectivity index (χ0v) is 13.0. The highest BCUT2D eigenvalue weighted by atomic mass is 35.5. The van der Waals surface area contributed by atoms with E-state index in [1.807, 2.05) is 6.92 Å². The van der Waals surface area contributed by atoms with E-state index in [2.05, 4.69) is 10.1 Å². The molecule has 110 valence electrons. The average molecular weight is 325 g/mol. The van der Waals surface area contributed by atoms with Gasteiger partial charge in [0.1, 0.15) is 4.90 Å². The van der Waals surface area contributed by atoms with E-state index in [1.165, 1.54) is 24.5 Å². The van der Waals surface area contributed by atoms with E-state index >= 15 is 0 Å². The number of aryl methyl sites for hydroxylation is 1. The first-order valence-electron chi connectivity index (χ1n) is 6.04. The van der Waals surface area contributed by atoms with Gasteiger partial charge in [-0.3, -0.25) is 9.27 Å². The van der Waals surface area contributed by atoms with Gasteiger partial charge >= 0.3 is 10.1 Å². The Labute approximate surface area is 128 Å². The fraction of sp³-hybridized carbons (Fsp3) is 0.143. The summed E-state index contributed by atoms with van der Waals surface area (Å²) in [4.78, 5) is 3.95. The lowest BCUT2D eigenvalue weighted by atomic mass is 10.2. The van der Waals surface area contributed by atoms with Gasteiger partial charge in [-0.2, -0.15) is 8.42 Å². The van der Waals surface area contributed by atoms with Crippen LogP contribution in [0.15, 0.2) is 52.8 Å². The van der Waals surface area contributed by atoms with Crippen LogP contribution in [0.1, 0.15) is 18.1 Å². The van der Waals surface area contributed by atoms with Gasteiger partial charge in [-0.05, 0) is 32.0 Å². The third kappa shape index (κ3) is 4.03. The van der Waals surface area contributed by atoms with Gasteiger partial charge in [0.05, 0.1) is 10.7 Å². The maximum atomic E-state index is 12.0. The first kappa shape index (κ1) is 15.5. The zero-order chi connectivity index (χ0) is 15.5. The van der Waals surface area contributed by atoms with E-state index in [0.29, 0.717) is 16.3 Å². The maximum Gasteiger partial charge on any atom is 0.358 e. The zero-order valence-electron chi connectivity index (χ0n) is 11.4. The van der Waals surface area contributed by atoms with Crippen molar-refractivity contribution in [1.82, 2.24) is 4.98 Å². The minimum Gasteiger partial charge on any atom is -0.265 e. The number of pyridine rings is 1. The van der Waals surface area contributed by atoms with Crippen molar-refractivity contribution in [2.75, 3.05) is 0 Å². The minimum absolute atomic E-state index is 0.0499. The Morgan fingerprint density at radius 1 is 1.24 bits per heavy atom. The van der Waals surface area contributed by atoms with Gasteiger partial charge in [-0.25, -0.2) is 0 Å². The summed E-state index contributed by atoms with van der Waals surface area (Å²) in [5, 5.41) is 4.07. The number of hydrogen-bond donors (Lipinski definition) is 0. The summed E-state index contributed by atoms with van der Waals surface area (Å²) in [6.45, 7) is 3.48. The summed E-state index contributed by atoms with van der Waals surface area (Å²) in [7, 11) is -3.93. The normalized spacial score (nSPS) is 12.2. The van der Waals surface area contributed by atoms with Gasteiger partial charge in [-0.1, -0.05) is 34.5 Å². The van der Waals surface area contributed by atoms with Crippen LogP contribution in [-0.2, 0) is 14.4 Å². The molecule has 0 aliphatic carbocycles. The van der Waals surface area contributed by atoms with Gasteiger partial charge in [0.25, 0.3) is 0 Å². The summed E-state index contributed by atoms with van der Waals surface area (Å²) >= 11 is 5.81. The van der Waals surface area contributed by atoms with Crippen LogP contribution in [0.4, 0.5) is 0 Å². The molecule has 0 saturated carbocycles. The quantitative estimate of drug-likeness (QED) is 0.640. The van der Waals surface area contributed by atoms with E-state index in [-0.39, 0.29) is 4.90 Å². The molecule has 0 saturated heterocycles. The molecule has 0 radical (unpaired) electrons. The van der Waals surface area contributed by atoms with Gasteiger partial charge in [0.15, 0.2) is 0 Å². The van der Waals surface area contributed by atoms with E-state index in [4.69, 9.17) is 15.9 Å². The molecular formula is C14H13ClN2O3S. The fourth-order valence-corrected chi connectivity index (χ4v) is 2.45. The van der Waals surface area contributed by atoms with Gasteiger partial charge in [-0.15, -0.1) is 0 Å². The summed E-state index contributed by atoms with van der Waals surface area (Å²) in [5.74, 6) is 0. The van der Waals surface area contributed by atoms with Crippen LogP contribution in [0.3, 0.4) is 0 Å². The Balaban J connectivity index is 2.21. The topological polar surface area (TPSA) is 68.6 Å². The van der Waals surface area contributed by atoms with Crippen LogP contribution in [0, 0.1) is 6.92 Å². The molecule has 1 aromatic carbocycles. The second-order valence-corrected chi connectivity index (χ2v) is 6.38. The SMILES string of the molecule is C/C(=N\OS(=O)(=O)c1ccc(C)cc1)c1cncc(Cl)c1. The molecule has 2 aromatic rings. The molecule has 0 unspecified atom stereocenters. The molecule has 21 heavy (non-hydrogen) atoms. The highest BCUT2D eigenvalue weighted by Gasteiger charge is 2.15. The van der Waals surface area contributed by atoms with Crippen molar-refractivity contribution >= 4 is 27.4 Å². The number of halogens is 1. The van der Waals surface area contributed by atoms with Crippen molar-refractivity contribution in [3.8, 4) is 0 Å². The number of nitrogens with zero attached hydrogens (tertiary/aromatic N) is 2. The Morgan fingerprint density at radius 3 is 2.52 bits per heavy atom. The molecule has 0 N–H and O–H groups in total. The van der Waals surface area contributed by atoms with Crippen molar-refractivity contribution in [3.63, 3.8) is 0 Å². The first-order valence-corrected chi connectivity index (χ1v) is 7.83. The molecule has 0 amide bonds. The van der Waals surface area contributed by atoms with E-state index in [9.17, 15) is 8.42 Å². The molecule has 2 rings (SSSR count). The second-order valence-electron chi connectivity index (χ2n) is 4.41. The molecule has 0 aliphatic heterocycles. The van der Waals surface area contributed by atoms with E-state index < -0.39 is 10.1 Å². The van der Waals surface area contributed by atoms with Gasteiger partial charge < -0.3 is 0 Å². The molecule has 1 aromatic heterocycles. The lowest BCUT2D eigenvalue weighted by Crippen LogP contribution is -2.05. The predicted molar refractivity (Wildman–Crippen MR) is 80.9 cm³/mol. The van der Waals surface area contributed by atoms with E-state index in [1.54, 1.807) is 25.1 Å². The molecule has 0 spiro atoms. The molecule has 0 fully saturated rings. The average Bonchev–Trinajstić information content (AvgIpc) is 2.45. The highest BCUT2D eigenvalue weighted by molar-refractivity contribution is 7.86. The number of aromatic nitrogens is 1. The second kappa shape index (κ2) is 6.24. The summed E-state index contributed by atoms with van der Waals surface area (Å²) in [6, 6.07) is 7.93. The largest absolute Gasteiger partial charge is 0.358 e. The minimum atomic E-state index is -3.93. The monoisotopic (exact) mass is 324 g/mol. The molecule has 7 heteroatoms. The number of rotatable bonds is 4. The number of oxime groups is 1. The van der Waals surface area contributed by atoms with Crippen molar-refractivity contribution in [1.29, 1.82) is 0 Å². The van der Waals surface area contributed by atoms with Crippen LogP contribution in [0.5, 0.6) is 0 Å². The van der Waals surface area contributed by atoms with Crippen LogP contribution < -0.4 is 0 Å². The predicted octanol–water partition coefficient (Wildman–Crippen LogP) is 3.17. The Morgan fingerprint density at radius 2 is 1.90 bits per heavy atom. The maximum absolute atomic E-state index is 12.0. The lowest BCUT2D eigenvalue weighted by molar-refractivity contribution is 0.339. The molecule has 1 heterocycles. The number of benzene rings is 1. The molecule has 0 aliphatic rings. The Kier molecular flexibility index (Phi) is 4.59. The molecule has 0 bridgehead atoms. The van der Waals surface area contributed by atoms with Crippen LogP contribution in [-0.4, -0.2) is 19.1 Å². The third-order valence-electron chi connectivity index (χ3n) is 2.70. The lowest BCUT2D eigenvalue weighted by Gasteiger charge is -2.04. The van der Waals surface area contributed by atoms with Crippen LogP contribution >= 0.6 is 11.6 Å². The fourth-order valence-electron chi connectivity index (χ4n) is 1.52. The van der Waals surface area contributed by atoms with Crippen molar-refractivity contribution in [2.24, 2.45) is 5.16 Å². The molecule has 0 atom stereocenters. The number of hydrogen-bond acceptors (Lipinski definition) is 5. The summed E-state index contributed by atoms with van der Waals surface area (Å²) < 4.78 is 28.7. The Bertz CT molecular complexity index is 771. The van der Waals surface area contributed by atoms with Crippen LogP contribution in [0.25, 0.3) is 0 Å². The van der Waals surface area contributed by atoms with Crippen molar-refractivity contribution in [2.45, 2.75) is 18.7 Å². The standard InChI is InChI=1S/C14H13ClN2O3S/c1-10-3-5-14(6-4-10)21(18,19)20-17-11(2)12-7-13(15)9-16-8-12/h3-9H,1-2H3/b17-11+. The van der Waals surface area contributed by atoms with Gasteiger partial charge in [0, 0.05) is 18.0 Å². The summed E-state index contributed by atoms with van der Waals surface area (Å²) in [6.07, 6.45) is 2.99. The Hall–Kier alpha value is -1.92. The molecular weight excluding hydrogens is 312 g/mol. The van der Waals surface area contributed by atoms with Crippen molar-refractivity contribution in [3.05, 3.63) is 58.9 Å². The van der Waals surface area contributed by atoms with Crippen LogP contribution in [0.2, 0.25) is 5.02 Å². The molecule has 5 nitrogen and oxygen atoms in total. The van der Waals surface area contributed by atoms with Gasteiger partial charge in [0.2, 0.25) is 0 Å². The van der Waals surface area contributed by atoms with Crippen molar-refractivity contribution < 1.29 is 12.7 Å². The third-order valence-corrected chi connectivity index (χ3v) is 4.03. The van der Waals surface area contributed by atoms with E-state index in [0.717, 1.165) is 5.56 Å². The highest BCUT2D eigenvalue weighted by Crippen LogP contribution is 2.15. The smallest absolute Gasteiger partial charge is 0.265 e. The first-order chi connectivity index (χ1) is 9.88. The summed E-state index contributed by atoms with van der Waals surface area (Å²) in [5.41, 5.74) is 1.90.